The van der Waals surface area contributed by atoms with E-state index in [4.69, 9.17) is 10.5 Å². The van der Waals surface area contributed by atoms with E-state index in [2.05, 4.69) is 15.6 Å². The smallest absolute Gasteiger partial charge is 0.307 e. The highest BCUT2D eigenvalue weighted by Gasteiger charge is 2.29. The number of amides is 2. The Kier molecular flexibility index (Phi) is 8.61. The van der Waals surface area contributed by atoms with Gasteiger partial charge in [0.25, 0.3) is 11.8 Å². The van der Waals surface area contributed by atoms with Crippen LogP contribution in [0.3, 0.4) is 0 Å². The Balaban J connectivity index is 1.28. The van der Waals surface area contributed by atoms with Gasteiger partial charge in [-0.2, -0.15) is 0 Å². The fourth-order valence-corrected chi connectivity index (χ4v) is 5.96. The van der Waals surface area contributed by atoms with E-state index >= 15 is 0 Å². The number of pyridine rings is 1. The molecule has 10 heteroatoms. The summed E-state index contributed by atoms with van der Waals surface area (Å²) < 4.78 is 19.1. The molecule has 0 spiro atoms. The molecule has 3 unspecified atom stereocenters. The van der Waals surface area contributed by atoms with Crippen LogP contribution in [0.5, 0.6) is 0 Å². The van der Waals surface area contributed by atoms with E-state index in [9.17, 15) is 18.8 Å². The molecule has 210 valence electrons. The van der Waals surface area contributed by atoms with E-state index < -0.39 is 11.7 Å². The van der Waals surface area contributed by atoms with Gasteiger partial charge in [0.15, 0.2) is 5.82 Å². The number of cyclic esters (lactones) is 1. The van der Waals surface area contributed by atoms with Crippen LogP contribution in [0.4, 0.5) is 15.8 Å². The lowest BCUT2D eigenvalue weighted by Crippen LogP contribution is -2.25. The number of allylic oxidation sites excluding steroid dienone is 3. The van der Waals surface area contributed by atoms with Crippen LogP contribution in [0.25, 0.3) is 0 Å². The zero-order valence-corrected chi connectivity index (χ0v) is 23.1. The van der Waals surface area contributed by atoms with Crippen molar-refractivity contribution in [1.29, 1.82) is 0 Å². The maximum absolute atomic E-state index is 14.0. The van der Waals surface area contributed by atoms with Crippen LogP contribution in [0.2, 0.25) is 0 Å². The van der Waals surface area contributed by atoms with E-state index in [-0.39, 0.29) is 41.2 Å². The molecular weight excluding hydrogens is 543 g/mol. The Morgan fingerprint density at radius 1 is 1.12 bits per heavy atom. The lowest BCUT2D eigenvalue weighted by Gasteiger charge is -2.28. The van der Waals surface area contributed by atoms with Gasteiger partial charge in [-0.25, -0.2) is 4.39 Å². The topological polar surface area (TPSA) is 123 Å². The number of rotatable bonds is 8. The van der Waals surface area contributed by atoms with Crippen molar-refractivity contribution < 1.29 is 23.5 Å². The molecule has 5 rings (SSSR count). The van der Waals surface area contributed by atoms with E-state index in [0.29, 0.717) is 29.9 Å². The van der Waals surface area contributed by atoms with Gasteiger partial charge in [0.1, 0.15) is 6.61 Å². The predicted octanol–water partition coefficient (Wildman–Crippen LogP) is 5.19. The molecule has 2 aromatic carbocycles. The SMILES string of the molecule is CC1C(C(=O)Nc2ccc(SC3COC(=O)C3)cc2)=CC=CC1c1cc(C(=O)Nc2ccncc2F)ccc1CN. The molecule has 3 aromatic rings. The van der Waals surface area contributed by atoms with Crippen LogP contribution in [-0.4, -0.2) is 34.6 Å². The molecule has 0 bridgehead atoms. The van der Waals surface area contributed by atoms with E-state index in [0.717, 1.165) is 22.2 Å². The molecule has 0 radical (unpaired) electrons. The van der Waals surface area contributed by atoms with Crippen molar-refractivity contribution in [2.24, 2.45) is 11.7 Å². The number of benzene rings is 2. The third-order valence-electron chi connectivity index (χ3n) is 7.13. The highest BCUT2D eigenvalue weighted by Crippen LogP contribution is 2.37. The van der Waals surface area contributed by atoms with Crippen LogP contribution >= 0.6 is 11.8 Å². The summed E-state index contributed by atoms with van der Waals surface area (Å²) >= 11 is 1.58. The van der Waals surface area contributed by atoms with Crippen LogP contribution < -0.4 is 16.4 Å². The minimum Gasteiger partial charge on any atom is -0.464 e. The summed E-state index contributed by atoms with van der Waals surface area (Å²) in [4.78, 5) is 42.3. The first-order valence-electron chi connectivity index (χ1n) is 13.2. The lowest BCUT2D eigenvalue weighted by molar-refractivity contribution is -0.137. The van der Waals surface area contributed by atoms with Gasteiger partial charge in [-0.05, 0) is 59.5 Å². The number of ether oxygens (including phenoxy) is 1. The molecule has 8 nitrogen and oxygen atoms in total. The Hall–Kier alpha value is -4.28. The van der Waals surface area contributed by atoms with Gasteiger partial charge >= 0.3 is 5.97 Å². The lowest BCUT2D eigenvalue weighted by atomic mass is 9.77. The second-order valence-corrected chi connectivity index (χ2v) is 11.2. The summed E-state index contributed by atoms with van der Waals surface area (Å²) in [6, 6.07) is 14.1. The number of nitrogens with one attached hydrogen (secondary N) is 2. The van der Waals surface area contributed by atoms with Gasteiger partial charge in [-0.15, -0.1) is 11.8 Å². The van der Waals surface area contributed by atoms with Gasteiger partial charge in [0, 0.05) is 40.4 Å². The number of nitrogens with two attached hydrogens (primary N) is 1. The highest BCUT2D eigenvalue weighted by molar-refractivity contribution is 8.00. The third kappa shape index (κ3) is 6.55. The van der Waals surface area contributed by atoms with Crippen molar-refractivity contribution in [2.45, 2.75) is 36.0 Å². The molecule has 1 aliphatic heterocycles. The Labute approximate surface area is 241 Å². The van der Waals surface area contributed by atoms with Gasteiger partial charge in [-0.3, -0.25) is 19.4 Å². The molecule has 2 heterocycles. The molecule has 41 heavy (non-hydrogen) atoms. The summed E-state index contributed by atoms with van der Waals surface area (Å²) in [5.41, 5.74) is 9.35. The average molecular weight is 573 g/mol. The van der Waals surface area contributed by atoms with Crippen molar-refractivity contribution in [3.63, 3.8) is 0 Å². The van der Waals surface area contributed by atoms with Crippen LogP contribution in [0.15, 0.2) is 89.6 Å². The number of carbonyl (C=O) groups is 3. The third-order valence-corrected chi connectivity index (χ3v) is 8.31. The van der Waals surface area contributed by atoms with Crippen molar-refractivity contribution in [3.05, 3.63) is 107 Å². The van der Waals surface area contributed by atoms with Crippen molar-refractivity contribution >= 4 is 40.9 Å². The first kappa shape index (κ1) is 28.3. The van der Waals surface area contributed by atoms with Gasteiger partial charge in [-0.1, -0.05) is 31.2 Å². The van der Waals surface area contributed by atoms with E-state index in [1.54, 1.807) is 36.0 Å². The Bertz CT molecular complexity index is 1540. The summed E-state index contributed by atoms with van der Waals surface area (Å²) in [6.07, 6.45) is 8.45. The zero-order valence-electron chi connectivity index (χ0n) is 22.3. The predicted molar refractivity (Wildman–Crippen MR) is 156 cm³/mol. The largest absolute Gasteiger partial charge is 0.464 e. The molecule has 2 amide bonds. The highest BCUT2D eigenvalue weighted by atomic mass is 32.2. The van der Waals surface area contributed by atoms with Gasteiger partial charge in [0.05, 0.1) is 23.6 Å². The van der Waals surface area contributed by atoms with E-state index in [1.807, 2.05) is 43.3 Å². The number of esters is 1. The molecule has 0 saturated carbocycles. The number of hydrogen-bond donors (Lipinski definition) is 3. The molecule has 1 aromatic heterocycles. The van der Waals surface area contributed by atoms with Crippen LogP contribution in [0.1, 0.15) is 40.7 Å². The monoisotopic (exact) mass is 572 g/mol. The quantitative estimate of drug-likeness (QED) is 0.317. The maximum atomic E-state index is 14.0. The maximum Gasteiger partial charge on any atom is 0.307 e. The summed E-state index contributed by atoms with van der Waals surface area (Å²) in [6.45, 7) is 2.62. The van der Waals surface area contributed by atoms with Gasteiger partial charge in [0.2, 0.25) is 0 Å². The minimum absolute atomic E-state index is 0.0385. The van der Waals surface area contributed by atoms with Crippen LogP contribution in [-0.2, 0) is 20.9 Å². The number of anilines is 2. The second-order valence-electron chi connectivity index (χ2n) is 9.85. The average Bonchev–Trinajstić information content (AvgIpc) is 3.39. The molecule has 1 fully saturated rings. The van der Waals surface area contributed by atoms with Crippen molar-refractivity contribution in [3.8, 4) is 0 Å². The summed E-state index contributed by atoms with van der Waals surface area (Å²) in [5.74, 6) is -1.91. The molecule has 1 saturated heterocycles. The number of aromatic nitrogens is 1. The molecule has 1 aliphatic carbocycles. The first-order chi connectivity index (χ1) is 19.8. The molecule has 2 aliphatic rings. The van der Waals surface area contributed by atoms with E-state index in [1.165, 1.54) is 12.3 Å². The number of carbonyl (C=O) groups excluding carboxylic acids is 3. The summed E-state index contributed by atoms with van der Waals surface area (Å²) in [7, 11) is 0. The number of halogens is 1. The fraction of sp³-hybridized carbons (Fsp3) is 0.226. The zero-order chi connectivity index (χ0) is 28.9. The fourth-order valence-electron chi connectivity index (χ4n) is 4.93. The molecule has 4 N–H and O–H groups in total. The summed E-state index contributed by atoms with van der Waals surface area (Å²) in [5, 5.41) is 5.66. The van der Waals surface area contributed by atoms with Crippen molar-refractivity contribution in [2.75, 3.05) is 17.2 Å². The number of nitrogens with zero attached hydrogens (tertiary/aromatic N) is 1. The second kappa shape index (κ2) is 12.5. The normalized spacial score (nSPS) is 19.8. The van der Waals surface area contributed by atoms with Crippen molar-refractivity contribution in [1.82, 2.24) is 4.98 Å². The standard InChI is InChI=1S/C31H29FN4O4S/c1-18-24(26-13-19(5-6-20(26)15-33)30(38)36-28-11-12-34-16-27(28)32)3-2-4-25(18)31(39)35-21-7-9-22(10-8-21)41-23-14-29(37)40-17-23/h2-13,16,18,23-24H,14-15,17,33H2,1H3,(H,35,39)(H,34,36,38). The molecule has 3 atom stereocenters. The Morgan fingerprint density at radius 3 is 2.63 bits per heavy atom. The molecular formula is C31H29FN4O4S. The van der Waals surface area contributed by atoms with Crippen LogP contribution in [0, 0.1) is 11.7 Å². The number of hydrogen-bond acceptors (Lipinski definition) is 7. The van der Waals surface area contributed by atoms with Gasteiger partial charge < -0.3 is 21.1 Å². The number of thioether (sulfide) groups is 1. The first-order valence-corrected chi connectivity index (χ1v) is 14.1. The Morgan fingerprint density at radius 2 is 1.93 bits per heavy atom. The minimum atomic E-state index is -0.627.